The summed E-state index contributed by atoms with van der Waals surface area (Å²) in [5.74, 6) is 1.26. The summed E-state index contributed by atoms with van der Waals surface area (Å²) < 4.78 is 18.7. The highest BCUT2D eigenvalue weighted by atomic mass is 35.5. The Bertz CT molecular complexity index is 1800. The minimum Gasteiger partial charge on any atom is -0.493 e. The number of carboxylic acid groups (broad SMARTS) is 1. The van der Waals surface area contributed by atoms with Crippen LogP contribution in [0.4, 0.5) is 0 Å². The molecular formula is C41H46Cl2N2O6. The third kappa shape index (κ3) is 10.4. The van der Waals surface area contributed by atoms with E-state index in [0.29, 0.717) is 66.0 Å². The molecule has 3 N–H and O–H groups in total. The predicted octanol–water partition coefficient (Wildman–Crippen LogP) is 8.64. The lowest BCUT2D eigenvalue weighted by atomic mass is 9.93. The molecule has 1 aliphatic heterocycles. The number of carbonyl (C=O) groups is 2. The van der Waals surface area contributed by atoms with Gasteiger partial charge < -0.3 is 30.0 Å². The van der Waals surface area contributed by atoms with Crippen molar-refractivity contribution in [1.29, 1.82) is 0 Å². The number of allylic oxidation sites excluding steroid dienone is 2. The highest BCUT2D eigenvalue weighted by Crippen LogP contribution is 2.36. The Hall–Kier alpha value is -4.24. The number of fused-ring (bicyclic) bond motifs is 2. The third-order valence-corrected chi connectivity index (χ3v) is 9.69. The van der Waals surface area contributed by atoms with Gasteiger partial charge in [0, 0.05) is 36.2 Å². The summed E-state index contributed by atoms with van der Waals surface area (Å²) >= 11 is 12.7. The third-order valence-electron chi connectivity index (χ3n) is 9.12. The summed E-state index contributed by atoms with van der Waals surface area (Å²) in [4.78, 5) is 25.1. The number of amides is 1. The second-order valence-corrected chi connectivity index (χ2v) is 13.5. The van der Waals surface area contributed by atoms with Gasteiger partial charge in [-0.2, -0.15) is 0 Å². The molecule has 5 rings (SSSR count). The smallest absolute Gasteiger partial charge is 0.320 e. The molecule has 0 radical (unpaired) electrons. The van der Waals surface area contributed by atoms with Crippen LogP contribution in [0.15, 0.2) is 84.0 Å². The number of rotatable bonds is 9. The van der Waals surface area contributed by atoms with Crippen LogP contribution in [0, 0.1) is 13.8 Å². The number of nitrogens with one attached hydrogen (secondary N) is 2. The van der Waals surface area contributed by atoms with E-state index in [0.717, 1.165) is 58.4 Å². The largest absolute Gasteiger partial charge is 0.493 e. The molecule has 0 spiro atoms. The quantitative estimate of drug-likeness (QED) is 0.149. The molecule has 0 saturated heterocycles. The molecule has 1 unspecified atom stereocenters. The Labute approximate surface area is 310 Å². The zero-order valence-electron chi connectivity index (χ0n) is 29.2. The fourth-order valence-electron chi connectivity index (χ4n) is 6.15. The van der Waals surface area contributed by atoms with Gasteiger partial charge in [-0.1, -0.05) is 60.2 Å². The number of ether oxygens (including phenoxy) is 3. The van der Waals surface area contributed by atoms with Gasteiger partial charge in [-0.3, -0.25) is 9.59 Å². The molecule has 1 amide bonds. The molecule has 1 heterocycles. The van der Waals surface area contributed by atoms with Crippen molar-refractivity contribution in [2.45, 2.75) is 71.6 Å². The van der Waals surface area contributed by atoms with E-state index < -0.39 is 12.0 Å². The summed E-state index contributed by atoms with van der Waals surface area (Å²) in [6, 6.07) is 15.0. The summed E-state index contributed by atoms with van der Waals surface area (Å²) in [5, 5.41) is 16.4. The molecular weight excluding hydrogens is 687 g/mol. The van der Waals surface area contributed by atoms with E-state index in [9.17, 15) is 14.7 Å². The number of halogens is 2. The number of carboxylic acids is 1. The van der Waals surface area contributed by atoms with E-state index in [1.807, 2.05) is 42.5 Å². The first-order valence-electron chi connectivity index (χ1n) is 17.5. The molecule has 0 saturated carbocycles. The molecule has 0 fully saturated rings. The lowest BCUT2D eigenvalue weighted by Crippen LogP contribution is -2.36. The van der Waals surface area contributed by atoms with Crippen LogP contribution in [-0.4, -0.2) is 48.7 Å². The molecule has 270 valence electrons. The van der Waals surface area contributed by atoms with Gasteiger partial charge in [0.1, 0.15) is 36.5 Å². The fraction of sp³-hybridized carbons (Fsp3) is 0.366. The first-order valence-corrected chi connectivity index (χ1v) is 18.4. The standard InChI is InChI=1S/C41H46Cl2N2O6/c1-27-31(13-8-14-33(27)34-15-9-17-37(28(34)2)49-20-10-18-42)26-51-39-23-38-32(22-35(39)43)24-45-36(41(47)48)16-6-7-19-44-40(46)30-12-5-3-4-11-29(21-30)25-50-38/h4,8-9,11-15,17,21-23,36,45H,3,5-7,10,16,18-20,24-26H2,1-2H3,(H,44,46)(H,47,48)/b11-4-,29-21?,30-12?. The van der Waals surface area contributed by atoms with Gasteiger partial charge in [-0.05, 0) is 104 Å². The highest BCUT2D eigenvalue weighted by Gasteiger charge is 2.20. The van der Waals surface area contributed by atoms with E-state index in [-0.39, 0.29) is 25.7 Å². The maximum absolute atomic E-state index is 13.0. The van der Waals surface area contributed by atoms with Crippen molar-refractivity contribution in [2.24, 2.45) is 0 Å². The van der Waals surface area contributed by atoms with Crippen molar-refractivity contribution >= 4 is 35.1 Å². The van der Waals surface area contributed by atoms with Crippen molar-refractivity contribution in [3.8, 4) is 28.4 Å². The normalized spacial score (nSPS) is 17.7. The van der Waals surface area contributed by atoms with Gasteiger partial charge in [-0.15, -0.1) is 11.6 Å². The second-order valence-electron chi connectivity index (χ2n) is 12.8. The molecule has 3 aromatic carbocycles. The van der Waals surface area contributed by atoms with Crippen molar-refractivity contribution in [1.82, 2.24) is 10.6 Å². The van der Waals surface area contributed by atoms with Crippen LogP contribution >= 0.6 is 23.2 Å². The van der Waals surface area contributed by atoms with Crippen LogP contribution in [0.25, 0.3) is 11.1 Å². The van der Waals surface area contributed by atoms with Gasteiger partial charge in [0.05, 0.1) is 11.6 Å². The minimum absolute atomic E-state index is 0.150. The SMILES string of the molecule is Cc1c(COc2cc3c(cc2Cl)CNC(C(=O)O)CCCCNC(=O)C2=CCC/C=C\C(=C2)CO3)cccc1-c1cccc(OCCCCl)c1C. The molecule has 1 atom stereocenters. The molecule has 0 aromatic heterocycles. The number of aliphatic carboxylic acids is 1. The number of hydrogen-bond donors (Lipinski definition) is 3. The van der Waals surface area contributed by atoms with E-state index in [1.54, 1.807) is 12.1 Å². The Morgan fingerprint density at radius 3 is 2.63 bits per heavy atom. The number of hydrogen-bond acceptors (Lipinski definition) is 6. The van der Waals surface area contributed by atoms with Gasteiger partial charge in [0.2, 0.25) is 0 Å². The van der Waals surface area contributed by atoms with Crippen LogP contribution in [0.5, 0.6) is 17.2 Å². The van der Waals surface area contributed by atoms with Crippen LogP contribution in [0.3, 0.4) is 0 Å². The van der Waals surface area contributed by atoms with E-state index >= 15 is 0 Å². The summed E-state index contributed by atoms with van der Waals surface area (Å²) in [6.45, 7) is 5.86. The Balaban J connectivity index is 1.41. The fourth-order valence-corrected chi connectivity index (χ4v) is 6.50. The van der Waals surface area contributed by atoms with Crippen LogP contribution in [0.2, 0.25) is 5.02 Å². The maximum atomic E-state index is 13.0. The van der Waals surface area contributed by atoms with Gasteiger partial charge in [-0.25, -0.2) is 0 Å². The lowest BCUT2D eigenvalue weighted by Gasteiger charge is -2.20. The topological polar surface area (TPSA) is 106 Å². The molecule has 8 nitrogen and oxygen atoms in total. The van der Waals surface area contributed by atoms with Crippen molar-refractivity contribution in [2.75, 3.05) is 25.6 Å². The van der Waals surface area contributed by atoms with E-state index in [1.165, 1.54) is 0 Å². The molecule has 3 aromatic rings. The molecule has 10 heteroatoms. The average Bonchev–Trinajstić information content (AvgIpc) is 3.10. The Kier molecular flexibility index (Phi) is 14.0. The van der Waals surface area contributed by atoms with Crippen LogP contribution in [0.1, 0.15) is 60.8 Å². The molecule has 2 bridgehead atoms. The summed E-state index contributed by atoms with van der Waals surface area (Å²) in [5.41, 5.74) is 7.44. The zero-order valence-corrected chi connectivity index (χ0v) is 30.7. The van der Waals surface area contributed by atoms with Gasteiger partial charge in [0.25, 0.3) is 5.91 Å². The van der Waals surface area contributed by atoms with Crippen molar-refractivity contribution in [3.63, 3.8) is 0 Å². The van der Waals surface area contributed by atoms with Gasteiger partial charge in [0.15, 0.2) is 0 Å². The minimum atomic E-state index is -0.935. The number of carbonyl (C=O) groups excluding carboxylic acids is 1. The Morgan fingerprint density at radius 2 is 1.82 bits per heavy atom. The molecule has 2 aliphatic rings. The van der Waals surface area contributed by atoms with E-state index in [2.05, 4.69) is 42.7 Å². The number of alkyl halides is 1. The van der Waals surface area contributed by atoms with Crippen LogP contribution in [-0.2, 0) is 22.7 Å². The van der Waals surface area contributed by atoms with Crippen molar-refractivity contribution in [3.05, 3.63) is 111 Å². The molecule has 1 aliphatic carbocycles. The molecule has 51 heavy (non-hydrogen) atoms. The second kappa shape index (κ2) is 18.8. The summed E-state index contributed by atoms with van der Waals surface area (Å²) in [6.07, 6.45) is 11.9. The monoisotopic (exact) mass is 732 g/mol. The average molecular weight is 734 g/mol. The highest BCUT2D eigenvalue weighted by molar-refractivity contribution is 6.32. The first-order chi connectivity index (χ1) is 24.7. The van der Waals surface area contributed by atoms with Crippen molar-refractivity contribution < 1.29 is 28.9 Å². The zero-order chi connectivity index (χ0) is 36.2. The van der Waals surface area contributed by atoms with E-state index in [4.69, 9.17) is 37.4 Å². The maximum Gasteiger partial charge on any atom is 0.320 e. The predicted molar refractivity (Wildman–Crippen MR) is 203 cm³/mol. The Morgan fingerprint density at radius 1 is 1.02 bits per heavy atom. The lowest BCUT2D eigenvalue weighted by molar-refractivity contribution is -0.139. The first kappa shape index (κ1) is 38.0. The van der Waals surface area contributed by atoms with Crippen LogP contribution < -0.4 is 24.8 Å². The number of benzene rings is 3. The summed E-state index contributed by atoms with van der Waals surface area (Å²) in [7, 11) is 0. The van der Waals surface area contributed by atoms with Gasteiger partial charge >= 0.3 is 5.97 Å².